The Balaban J connectivity index is 1.92. The summed E-state index contributed by atoms with van der Waals surface area (Å²) in [6, 6.07) is 5.82. The van der Waals surface area contributed by atoms with E-state index >= 15 is 0 Å². The van der Waals surface area contributed by atoms with E-state index in [-0.39, 0.29) is 11.7 Å². The molecule has 1 aliphatic rings. The van der Waals surface area contributed by atoms with Crippen LogP contribution < -0.4 is 5.32 Å². The molecule has 1 aromatic heterocycles. The molecule has 0 radical (unpaired) electrons. The molecular weight excluding hydrogens is 284 g/mol. The van der Waals surface area contributed by atoms with Crippen molar-refractivity contribution in [3.8, 4) is 6.07 Å². The summed E-state index contributed by atoms with van der Waals surface area (Å²) in [5.41, 5.74) is 0.272. The zero-order valence-corrected chi connectivity index (χ0v) is 13.7. The lowest BCUT2D eigenvalue weighted by Gasteiger charge is -2.36. The van der Waals surface area contributed by atoms with Crippen molar-refractivity contribution in [1.29, 1.82) is 5.26 Å². The number of piperidine rings is 1. The molecule has 0 aliphatic carbocycles. The molecule has 3 unspecified atom stereocenters. The average Bonchev–Trinajstić information content (AvgIpc) is 2.39. The second-order valence-electron chi connectivity index (χ2n) is 6.35. The summed E-state index contributed by atoms with van der Waals surface area (Å²) in [5.74, 6) is 2.24. The van der Waals surface area contributed by atoms with Crippen LogP contribution in [0.4, 0.5) is 5.82 Å². The smallest absolute Gasteiger partial charge is 0.161 e. The third-order valence-corrected chi connectivity index (χ3v) is 4.13. The first kappa shape index (κ1) is 16.1. The Morgan fingerprint density at radius 2 is 2.10 bits per heavy atom. The molecular formula is C16H23ClN4. The van der Waals surface area contributed by atoms with Crippen molar-refractivity contribution >= 4 is 17.4 Å². The second-order valence-corrected chi connectivity index (χ2v) is 6.76. The number of aromatic nitrogens is 1. The Kier molecular flexibility index (Phi) is 5.44. The minimum atomic E-state index is 0.272. The summed E-state index contributed by atoms with van der Waals surface area (Å²) in [6.45, 7) is 10.1. The maximum absolute atomic E-state index is 8.96. The minimum absolute atomic E-state index is 0.272. The molecule has 1 fully saturated rings. The maximum Gasteiger partial charge on any atom is 0.161 e. The highest BCUT2D eigenvalue weighted by atomic mass is 35.5. The van der Waals surface area contributed by atoms with Crippen molar-refractivity contribution < 1.29 is 0 Å². The van der Waals surface area contributed by atoms with E-state index in [1.54, 1.807) is 6.07 Å². The highest BCUT2D eigenvalue weighted by Crippen LogP contribution is 2.21. The molecule has 1 N–H and O–H groups in total. The topological polar surface area (TPSA) is 52.0 Å². The molecule has 21 heavy (non-hydrogen) atoms. The van der Waals surface area contributed by atoms with Crippen LogP contribution in [-0.2, 0) is 0 Å². The molecule has 0 aromatic carbocycles. The number of rotatable bonds is 4. The van der Waals surface area contributed by atoms with Gasteiger partial charge < -0.3 is 10.2 Å². The molecule has 0 bridgehead atoms. The quantitative estimate of drug-likeness (QED) is 0.926. The van der Waals surface area contributed by atoms with Gasteiger partial charge in [-0.2, -0.15) is 5.26 Å². The van der Waals surface area contributed by atoms with Crippen LogP contribution in [0.25, 0.3) is 0 Å². The van der Waals surface area contributed by atoms with Gasteiger partial charge in [0.05, 0.1) is 5.02 Å². The van der Waals surface area contributed by atoms with Gasteiger partial charge in [0.2, 0.25) is 0 Å². The first-order valence-electron chi connectivity index (χ1n) is 7.53. The molecule has 114 valence electrons. The third kappa shape index (κ3) is 4.59. The maximum atomic E-state index is 8.96. The molecule has 2 rings (SSSR count). The Morgan fingerprint density at radius 1 is 1.43 bits per heavy atom. The number of likely N-dealkylation sites (tertiary alicyclic amines) is 1. The van der Waals surface area contributed by atoms with Crippen LogP contribution >= 0.6 is 11.6 Å². The summed E-state index contributed by atoms with van der Waals surface area (Å²) >= 11 is 5.90. The lowest BCUT2D eigenvalue weighted by atomic mass is 9.92. The Labute approximate surface area is 132 Å². The van der Waals surface area contributed by atoms with Crippen LogP contribution in [-0.4, -0.2) is 35.6 Å². The number of nitriles is 1. The zero-order valence-electron chi connectivity index (χ0n) is 12.9. The SMILES string of the molecule is CC1CC(C)CN(CC(C)Nc2ccc(Cl)c(C#N)n2)C1. The Hall–Kier alpha value is -1.31. The third-order valence-electron chi connectivity index (χ3n) is 3.82. The van der Waals surface area contributed by atoms with Crippen LogP contribution in [0.2, 0.25) is 5.02 Å². The molecule has 2 heterocycles. The number of hydrogen-bond acceptors (Lipinski definition) is 4. The van der Waals surface area contributed by atoms with Crippen LogP contribution in [0.5, 0.6) is 0 Å². The Morgan fingerprint density at radius 3 is 2.71 bits per heavy atom. The number of anilines is 1. The highest BCUT2D eigenvalue weighted by molar-refractivity contribution is 6.31. The van der Waals surface area contributed by atoms with Crippen LogP contribution in [0.3, 0.4) is 0 Å². The molecule has 0 saturated carbocycles. The number of nitrogens with zero attached hydrogens (tertiary/aromatic N) is 3. The first-order valence-corrected chi connectivity index (χ1v) is 7.91. The lowest BCUT2D eigenvalue weighted by molar-refractivity contribution is 0.138. The molecule has 0 amide bonds. The van der Waals surface area contributed by atoms with Crippen LogP contribution in [0, 0.1) is 23.2 Å². The van der Waals surface area contributed by atoms with Crippen molar-refractivity contribution in [2.24, 2.45) is 11.8 Å². The molecule has 4 nitrogen and oxygen atoms in total. The van der Waals surface area contributed by atoms with Gasteiger partial charge in [0.25, 0.3) is 0 Å². The molecule has 1 aromatic rings. The monoisotopic (exact) mass is 306 g/mol. The van der Waals surface area contributed by atoms with E-state index in [1.807, 2.05) is 12.1 Å². The molecule has 1 aliphatic heterocycles. The zero-order chi connectivity index (χ0) is 15.4. The molecule has 3 atom stereocenters. The predicted octanol–water partition coefficient (Wildman–Crippen LogP) is 3.38. The van der Waals surface area contributed by atoms with Gasteiger partial charge >= 0.3 is 0 Å². The van der Waals surface area contributed by atoms with Crippen LogP contribution in [0.15, 0.2) is 12.1 Å². The van der Waals surface area contributed by atoms with E-state index in [0.29, 0.717) is 10.8 Å². The predicted molar refractivity (Wildman–Crippen MR) is 86.4 cm³/mol. The lowest BCUT2D eigenvalue weighted by Crippen LogP contribution is -2.43. The van der Waals surface area contributed by atoms with Crippen molar-refractivity contribution in [1.82, 2.24) is 9.88 Å². The van der Waals surface area contributed by atoms with Crippen molar-refractivity contribution in [3.05, 3.63) is 22.8 Å². The average molecular weight is 307 g/mol. The fourth-order valence-corrected chi connectivity index (χ4v) is 3.37. The van der Waals surface area contributed by atoms with Gasteiger partial charge in [0, 0.05) is 25.7 Å². The first-order chi connectivity index (χ1) is 9.97. The van der Waals surface area contributed by atoms with E-state index in [4.69, 9.17) is 16.9 Å². The standard InChI is InChI=1S/C16H23ClN4/c1-11-6-12(2)9-21(8-11)10-13(3)19-16-5-4-14(17)15(7-18)20-16/h4-5,11-13H,6,8-10H2,1-3H3,(H,19,20). The highest BCUT2D eigenvalue weighted by Gasteiger charge is 2.22. The van der Waals surface area contributed by atoms with E-state index in [2.05, 4.69) is 36.0 Å². The van der Waals surface area contributed by atoms with Gasteiger partial charge in [-0.1, -0.05) is 25.4 Å². The second kappa shape index (κ2) is 7.11. The minimum Gasteiger partial charge on any atom is -0.366 e. The molecule has 0 spiro atoms. The van der Waals surface area contributed by atoms with Gasteiger partial charge in [-0.25, -0.2) is 4.98 Å². The van der Waals surface area contributed by atoms with E-state index in [0.717, 1.165) is 31.5 Å². The summed E-state index contributed by atoms with van der Waals surface area (Å²) in [6.07, 6.45) is 1.32. The number of pyridine rings is 1. The summed E-state index contributed by atoms with van der Waals surface area (Å²) < 4.78 is 0. The van der Waals surface area contributed by atoms with Crippen molar-refractivity contribution in [2.75, 3.05) is 25.0 Å². The van der Waals surface area contributed by atoms with Gasteiger partial charge in [-0.05, 0) is 37.3 Å². The largest absolute Gasteiger partial charge is 0.366 e. The van der Waals surface area contributed by atoms with Gasteiger partial charge in [-0.3, -0.25) is 0 Å². The van der Waals surface area contributed by atoms with Gasteiger partial charge in [0.1, 0.15) is 11.9 Å². The van der Waals surface area contributed by atoms with Gasteiger partial charge in [0.15, 0.2) is 5.69 Å². The summed E-state index contributed by atoms with van der Waals surface area (Å²) in [5, 5.41) is 12.7. The van der Waals surface area contributed by atoms with Gasteiger partial charge in [-0.15, -0.1) is 0 Å². The number of nitrogens with one attached hydrogen (secondary N) is 1. The number of hydrogen-bond donors (Lipinski definition) is 1. The summed E-state index contributed by atoms with van der Waals surface area (Å²) in [4.78, 5) is 6.74. The number of halogens is 1. The molecule has 5 heteroatoms. The van der Waals surface area contributed by atoms with Crippen molar-refractivity contribution in [2.45, 2.75) is 33.2 Å². The van der Waals surface area contributed by atoms with E-state index in [9.17, 15) is 0 Å². The van der Waals surface area contributed by atoms with E-state index in [1.165, 1.54) is 6.42 Å². The van der Waals surface area contributed by atoms with E-state index < -0.39 is 0 Å². The Bertz CT molecular complexity index is 515. The fraction of sp³-hybridized carbons (Fsp3) is 0.625. The normalized spacial score (nSPS) is 24.3. The fourth-order valence-electron chi connectivity index (χ4n) is 3.23. The summed E-state index contributed by atoms with van der Waals surface area (Å²) in [7, 11) is 0. The van der Waals surface area contributed by atoms with Crippen LogP contribution in [0.1, 0.15) is 32.9 Å². The molecule has 1 saturated heterocycles. The van der Waals surface area contributed by atoms with Crippen molar-refractivity contribution in [3.63, 3.8) is 0 Å².